The van der Waals surface area contributed by atoms with Crippen LogP contribution in [0.15, 0.2) is 0 Å². The van der Waals surface area contributed by atoms with Gasteiger partial charge in [0.25, 0.3) is 0 Å². The predicted octanol–water partition coefficient (Wildman–Crippen LogP) is 2.31. The molecule has 0 aromatic carbocycles. The molecule has 1 fully saturated rings. The summed E-state index contributed by atoms with van der Waals surface area (Å²) in [5.41, 5.74) is 0. The van der Waals surface area contributed by atoms with Gasteiger partial charge in [-0.1, -0.05) is 6.42 Å². The fraction of sp³-hybridized carbons (Fsp3) is 0.727. The molecule has 1 aromatic rings. The van der Waals surface area contributed by atoms with Crippen molar-refractivity contribution in [2.24, 2.45) is 5.92 Å². The zero-order valence-corrected chi connectivity index (χ0v) is 9.57. The van der Waals surface area contributed by atoms with Gasteiger partial charge in [-0.15, -0.1) is 5.10 Å². The van der Waals surface area contributed by atoms with E-state index in [2.05, 4.69) is 10.1 Å². The molecule has 0 bridgehead atoms. The third-order valence-electron chi connectivity index (χ3n) is 3.71. The minimum atomic E-state index is -4.32. The number of carbonyl (C=O) groups excluding carboxylic acids is 1. The highest BCUT2D eigenvalue weighted by Gasteiger charge is 2.46. The first-order valence-corrected chi connectivity index (χ1v) is 6.03. The molecule has 1 aliphatic heterocycles. The molecule has 1 saturated carbocycles. The Bertz CT molecular complexity index is 490. The van der Waals surface area contributed by atoms with Crippen molar-refractivity contribution in [2.75, 3.05) is 0 Å². The molecule has 1 unspecified atom stereocenters. The van der Waals surface area contributed by atoms with Crippen LogP contribution >= 0.6 is 0 Å². The molecule has 1 aliphatic carbocycles. The van der Waals surface area contributed by atoms with Crippen LogP contribution in [-0.4, -0.2) is 26.7 Å². The average Bonchev–Trinajstić information content (AvgIpc) is 2.69. The van der Waals surface area contributed by atoms with Gasteiger partial charge in [-0.25, -0.2) is 9.67 Å². The number of halogens is 3. The third kappa shape index (κ3) is 1.72. The SMILES string of the molecule is O=C(c1nc2n(n1)C(C(F)(F)F)CC2)C1CCC1. The van der Waals surface area contributed by atoms with E-state index in [0.29, 0.717) is 0 Å². The van der Waals surface area contributed by atoms with Crippen LogP contribution in [0.3, 0.4) is 0 Å². The van der Waals surface area contributed by atoms with Crippen LogP contribution in [0.5, 0.6) is 0 Å². The van der Waals surface area contributed by atoms with Gasteiger partial charge in [-0.3, -0.25) is 4.79 Å². The Morgan fingerprint density at radius 2 is 2.00 bits per heavy atom. The smallest absolute Gasteiger partial charge is 0.290 e. The molecule has 1 aromatic heterocycles. The largest absolute Gasteiger partial charge is 0.410 e. The molecule has 0 amide bonds. The second-order valence-electron chi connectivity index (χ2n) is 4.88. The van der Waals surface area contributed by atoms with Gasteiger partial charge in [0.05, 0.1) is 0 Å². The van der Waals surface area contributed by atoms with Gasteiger partial charge in [-0.2, -0.15) is 13.2 Å². The molecule has 18 heavy (non-hydrogen) atoms. The van der Waals surface area contributed by atoms with E-state index in [4.69, 9.17) is 0 Å². The number of ketones is 1. The van der Waals surface area contributed by atoms with E-state index in [-0.39, 0.29) is 36.2 Å². The lowest BCUT2D eigenvalue weighted by molar-refractivity contribution is -0.168. The highest BCUT2D eigenvalue weighted by molar-refractivity contribution is 5.94. The summed E-state index contributed by atoms with van der Waals surface area (Å²) in [7, 11) is 0. The number of hydrogen-bond donors (Lipinski definition) is 0. The zero-order valence-electron chi connectivity index (χ0n) is 9.57. The third-order valence-corrected chi connectivity index (χ3v) is 3.71. The van der Waals surface area contributed by atoms with Crippen molar-refractivity contribution in [2.45, 2.75) is 44.3 Å². The lowest BCUT2D eigenvalue weighted by atomic mass is 9.82. The van der Waals surface area contributed by atoms with Crippen LogP contribution in [0.2, 0.25) is 0 Å². The summed E-state index contributed by atoms with van der Waals surface area (Å²) in [4.78, 5) is 15.8. The number of hydrogen-bond acceptors (Lipinski definition) is 3. The van der Waals surface area contributed by atoms with E-state index in [0.717, 1.165) is 23.9 Å². The number of aryl methyl sites for hydroxylation is 1. The van der Waals surface area contributed by atoms with Crippen LogP contribution in [0.1, 0.15) is 48.2 Å². The molecule has 3 rings (SSSR count). The summed E-state index contributed by atoms with van der Waals surface area (Å²) in [6.07, 6.45) is -1.53. The van der Waals surface area contributed by atoms with Gasteiger partial charge < -0.3 is 0 Å². The van der Waals surface area contributed by atoms with Gasteiger partial charge in [0, 0.05) is 12.3 Å². The van der Waals surface area contributed by atoms with Gasteiger partial charge in [0.1, 0.15) is 11.9 Å². The van der Waals surface area contributed by atoms with Crippen molar-refractivity contribution in [1.82, 2.24) is 14.8 Å². The fourth-order valence-corrected chi connectivity index (χ4v) is 2.42. The number of aromatic nitrogens is 3. The van der Waals surface area contributed by atoms with Crippen molar-refractivity contribution in [3.63, 3.8) is 0 Å². The van der Waals surface area contributed by atoms with Crippen LogP contribution in [0, 0.1) is 5.92 Å². The van der Waals surface area contributed by atoms with Crippen molar-refractivity contribution in [3.05, 3.63) is 11.6 Å². The molecule has 2 aliphatic rings. The predicted molar refractivity (Wildman–Crippen MR) is 55.1 cm³/mol. The van der Waals surface area contributed by atoms with Crippen LogP contribution in [-0.2, 0) is 6.42 Å². The number of alkyl halides is 3. The normalized spacial score (nSPS) is 23.8. The van der Waals surface area contributed by atoms with Crippen LogP contribution in [0.4, 0.5) is 13.2 Å². The Kier molecular flexibility index (Phi) is 2.46. The topological polar surface area (TPSA) is 47.8 Å². The summed E-state index contributed by atoms with van der Waals surface area (Å²) in [5, 5.41) is 3.78. The first-order chi connectivity index (χ1) is 8.47. The monoisotopic (exact) mass is 259 g/mol. The Hall–Kier alpha value is -1.40. The highest BCUT2D eigenvalue weighted by atomic mass is 19.4. The lowest BCUT2D eigenvalue weighted by Gasteiger charge is -2.22. The van der Waals surface area contributed by atoms with E-state index in [1.807, 2.05) is 0 Å². The molecule has 4 nitrogen and oxygen atoms in total. The molecule has 0 N–H and O–H groups in total. The zero-order chi connectivity index (χ0) is 12.9. The number of carbonyl (C=O) groups is 1. The maximum Gasteiger partial charge on any atom is 0.410 e. The van der Waals surface area contributed by atoms with Crippen LogP contribution < -0.4 is 0 Å². The van der Waals surface area contributed by atoms with Gasteiger partial charge in [0.15, 0.2) is 0 Å². The second kappa shape index (κ2) is 3.80. The molecule has 0 spiro atoms. The number of nitrogens with zero attached hydrogens (tertiary/aromatic N) is 3. The van der Waals surface area contributed by atoms with E-state index in [9.17, 15) is 18.0 Å². The van der Waals surface area contributed by atoms with E-state index in [1.165, 1.54) is 0 Å². The van der Waals surface area contributed by atoms with Gasteiger partial charge >= 0.3 is 6.18 Å². The Morgan fingerprint density at radius 3 is 2.56 bits per heavy atom. The summed E-state index contributed by atoms with van der Waals surface area (Å²) < 4.78 is 39.0. The van der Waals surface area contributed by atoms with Crippen molar-refractivity contribution >= 4 is 5.78 Å². The van der Waals surface area contributed by atoms with Crippen LogP contribution in [0.25, 0.3) is 0 Å². The standard InChI is InChI=1S/C11H12F3N3O/c12-11(13,14)7-4-5-8-15-10(16-17(7)8)9(18)6-2-1-3-6/h6-7H,1-5H2. The molecular weight excluding hydrogens is 247 g/mol. The maximum atomic E-state index is 12.7. The quantitative estimate of drug-likeness (QED) is 0.766. The lowest BCUT2D eigenvalue weighted by Crippen LogP contribution is -2.26. The maximum absolute atomic E-state index is 12.7. The minimum absolute atomic E-state index is 0.0310. The summed E-state index contributed by atoms with van der Waals surface area (Å²) in [6.45, 7) is 0. The molecule has 98 valence electrons. The highest BCUT2D eigenvalue weighted by Crippen LogP contribution is 2.38. The van der Waals surface area contributed by atoms with E-state index < -0.39 is 12.2 Å². The molecular formula is C11H12F3N3O. The van der Waals surface area contributed by atoms with Crippen molar-refractivity contribution < 1.29 is 18.0 Å². The number of fused-ring (bicyclic) bond motifs is 1. The minimum Gasteiger partial charge on any atom is -0.290 e. The molecule has 2 heterocycles. The summed E-state index contributed by atoms with van der Waals surface area (Å²) in [6, 6.07) is -1.62. The van der Waals surface area contributed by atoms with Gasteiger partial charge in [-0.05, 0) is 19.3 Å². The Labute approximate surface area is 101 Å². The Morgan fingerprint density at radius 1 is 1.28 bits per heavy atom. The van der Waals surface area contributed by atoms with Crippen molar-refractivity contribution in [3.8, 4) is 0 Å². The Balaban J connectivity index is 1.87. The van der Waals surface area contributed by atoms with Crippen molar-refractivity contribution in [1.29, 1.82) is 0 Å². The average molecular weight is 259 g/mol. The summed E-state index contributed by atoms with van der Waals surface area (Å²) >= 11 is 0. The summed E-state index contributed by atoms with van der Waals surface area (Å²) in [5.74, 6) is -0.0508. The van der Waals surface area contributed by atoms with E-state index in [1.54, 1.807) is 0 Å². The number of Topliss-reactive ketones (excluding diaryl/α,β-unsaturated/α-hetero) is 1. The number of rotatable bonds is 2. The molecule has 1 atom stereocenters. The first-order valence-electron chi connectivity index (χ1n) is 6.03. The molecule has 7 heteroatoms. The molecule has 0 saturated heterocycles. The fourth-order valence-electron chi connectivity index (χ4n) is 2.42. The first kappa shape index (κ1) is 11.7. The molecule has 0 radical (unpaired) electrons. The van der Waals surface area contributed by atoms with E-state index >= 15 is 0 Å². The van der Waals surface area contributed by atoms with Gasteiger partial charge in [0.2, 0.25) is 11.6 Å². The second-order valence-corrected chi connectivity index (χ2v) is 4.88.